The van der Waals surface area contributed by atoms with Crippen molar-refractivity contribution in [1.29, 1.82) is 5.26 Å². The fourth-order valence-corrected chi connectivity index (χ4v) is 3.05. The van der Waals surface area contributed by atoms with Gasteiger partial charge in [0.15, 0.2) is 18.1 Å². The van der Waals surface area contributed by atoms with Crippen LogP contribution in [0.15, 0.2) is 66.7 Å². The smallest absolute Gasteiger partial charge is 0.349 e. The number of rotatable bonds is 9. The Morgan fingerprint density at radius 2 is 1.64 bits per heavy atom. The molecule has 0 saturated carbocycles. The van der Waals surface area contributed by atoms with Gasteiger partial charge in [-0.1, -0.05) is 29.8 Å². The van der Waals surface area contributed by atoms with Crippen LogP contribution in [0.5, 0.6) is 23.0 Å². The molecular formula is C26H22ClNO5. The van der Waals surface area contributed by atoms with Gasteiger partial charge < -0.3 is 18.9 Å². The average molecular weight is 464 g/mol. The second-order valence-electron chi connectivity index (χ2n) is 6.75. The maximum Gasteiger partial charge on any atom is 0.349 e. The summed E-state index contributed by atoms with van der Waals surface area (Å²) < 4.78 is 21.6. The number of nitriles is 1. The van der Waals surface area contributed by atoms with Crippen LogP contribution in [0.2, 0.25) is 5.02 Å². The van der Waals surface area contributed by atoms with E-state index in [1.165, 1.54) is 7.11 Å². The largest absolute Gasteiger partial charge is 0.494 e. The highest BCUT2D eigenvalue weighted by Crippen LogP contribution is 2.30. The summed E-state index contributed by atoms with van der Waals surface area (Å²) in [6.07, 6.45) is 1.71. The summed E-state index contributed by atoms with van der Waals surface area (Å²) in [4.78, 5) is 12.3. The van der Waals surface area contributed by atoms with Crippen LogP contribution in [-0.4, -0.2) is 26.3 Å². The number of esters is 1. The fourth-order valence-electron chi connectivity index (χ4n) is 2.93. The first kappa shape index (κ1) is 23.7. The lowest BCUT2D eigenvalue weighted by atomic mass is 10.0. The molecule has 0 aliphatic heterocycles. The molecule has 0 saturated heterocycles. The first-order chi connectivity index (χ1) is 16.0. The highest BCUT2D eigenvalue weighted by Gasteiger charge is 2.12. The molecule has 0 aliphatic carbocycles. The van der Waals surface area contributed by atoms with Gasteiger partial charge in [0.25, 0.3) is 0 Å². The predicted molar refractivity (Wildman–Crippen MR) is 127 cm³/mol. The molecule has 168 valence electrons. The minimum atomic E-state index is -0.579. The van der Waals surface area contributed by atoms with Gasteiger partial charge in [-0.05, 0) is 72.7 Å². The van der Waals surface area contributed by atoms with Gasteiger partial charge in [0.05, 0.1) is 25.4 Å². The van der Waals surface area contributed by atoms with Crippen molar-refractivity contribution in [2.45, 2.75) is 6.92 Å². The number of methoxy groups -OCH3 is 1. The summed E-state index contributed by atoms with van der Waals surface area (Å²) in [5.74, 6) is 1.27. The lowest BCUT2D eigenvalue weighted by molar-refractivity contribution is -0.136. The second kappa shape index (κ2) is 11.6. The van der Waals surface area contributed by atoms with E-state index in [-0.39, 0.29) is 12.4 Å². The lowest BCUT2D eigenvalue weighted by Crippen LogP contribution is -2.18. The molecule has 0 radical (unpaired) electrons. The zero-order valence-electron chi connectivity index (χ0n) is 18.2. The van der Waals surface area contributed by atoms with Crippen molar-refractivity contribution in [2.24, 2.45) is 0 Å². The maximum absolute atomic E-state index is 12.3. The van der Waals surface area contributed by atoms with E-state index in [1.807, 2.05) is 6.92 Å². The van der Waals surface area contributed by atoms with Gasteiger partial charge in [-0.3, -0.25) is 0 Å². The van der Waals surface area contributed by atoms with Crippen molar-refractivity contribution in [2.75, 3.05) is 20.3 Å². The third kappa shape index (κ3) is 6.76. The van der Waals surface area contributed by atoms with E-state index in [0.29, 0.717) is 34.3 Å². The first-order valence-corrected chi connectivity index (χ1v) is 10.5. The Labute approximate surface area is 197 Å². The van der Waals surface area contributed by atoms with E-state index >= 15 is 0 Å². The molecule has 33 heavy (non-hydrogen) atoms. The molecule has 3 aromatic carbocycles. The van der Waals surface area contributed by atoms with Crippen molar-refractivity contribution in [3.05, 3.63) is 82.9 Å². The lowest BCUT2D eigenvalue weighted by Gasteiger charge is -2.11. The zero-order valence-corrected chi connectivity index (χ0v) is 19.0. The molecule has 0 atom stereocenters. The molecule has 0 heterocycles. The van der Waals surface area contributed by atoms with Gasteiger partial charge in [0.2, 0.25) is 0 Å². The minimum absolute atomic E-state index is 0.250. The Bertz CT molecular complexity index is 1160. The standard InChI is InChI=1S/C26H22ClNO5/c1-3-31-22-9-11-23(12-10-22)32-17-26(29)33-24-13-4-18(15-25(24)30-2)14-20(16-28)19-5-7-21(27)8-6-19/h4-15H,3,17H2,1-2H3/b20-14-. The van der Waals surface area contributed by atoms with Crippen LogP contribution in [0.25, 0.3) is 11.6 Å². The summed E-state index contributed by atoms with van der Waals surface area (Å²) in [6.45, 7) is 2.20. The van der Waals surface area contributed by atoms with Crippen LogP contribution >= 0.6 is 11.6 Å². The molecule has 0 aromatic heterocycles. The van der Waals surface area contributed by atoms with E-state index in [2.05, 4.69) is 6.07 Å². The third-order valence-electron chi connectivity index (χ3n) is 4.49. The maximum atomic E-state index is 12.3. The van der Waals surface area contributed by atoms with E-state index in [1.54, 1.807) is 72.8 Å². The van der Waals surface area contributed by atoms with Gasteiger partial charge in [-0.25, -0.2) is 4.79 Å². The number of benzene rings is 3. The number of nitrogens with zero attached hydrogens (tertiary/aromatic N) is 1. The minimum Gasteiger partial charge on any atom is -0.494 e. The zero-order chi connectivity index (χ0) is 23.6. The first-order valence-electron chi connectivity index (χ1n) is 10.1. The quantitative estimate of drug-likeness (QED) is 0.173. The molecular weight excluding hydrogens is 442 g/mol. The van der Waals surface area contributed by atoms with Crippen LogP contribution in [0.1, 0.15) is 18.1 Å². The molecule has 7 heteroatoms. The van der Waals surface area contributed by atoms with Gasteiger partial charge in [-0.15, -0.1) is 0 Å². The van der Waals surface area contributed by atoms with Gasteiger partial charge in [-0.2, -0.15) is 5.26 Å². The van der Waals surface area contributed by atoms with Crippen molar-refractivity contribution in [1.82, 2.24) is 0 Å². The molecule has 0 aliphatic rings. The summed E-state index contributed by atoms with van der Waals surface area (Å²) in [5, 5.41) is 10.1. The average Bonchev–Trinajstić information content (AvgIpc) is 2.83. The Balaban J connectivity index is 1.67. The molecule has 0 amide bonds. The molecule has 6 nitrogen and oxygen atoms in total. The number of carbonyl (C=O) groups is 1. The molecule has 0 spiro atoms. The number of carbonyl (C=O) groups excluding carboxylic acids is 1. The van der Waals surface area contributed by atoms with E-state index in [4.69, 9.17) is 30.5 Å². The Morgan fingerprint density at radius 1 is 0.970 bits per heavy atom. The number of ether oxygens (including phenoxy) is 4. The molecule has 0 N–H and O–H groups in total. The summed E-state index contributed by atoms with van der Waals surface area (Å²) >= 11 is 5.92. The van der Waals surface area contributed by atoms with Crippen molar-refractivity contribution >= 4 is 29.2 Å². The number of hydrogen-bond acceptors (Lipinski definition) is 6. The van der Waals surface area contributed by atoms with Gasteiger partial charge in [0.1, 0.15) is 11.5 Å². The van der Waals surface area contributed by atoms with Crippen LogP contribution in [0.4, 0.5) is 0 Å². The molecule has 0 fully saturated rings. The number of hydrogen-bond donors (Lipinski definition) is 0. The molecule has 0 bridgehead atoms. The summed E-state index contributed by atoms with van der Waals surface area (Å²) in [6, 6.07) is 21.1. The summed E-state index contributed by atoms with van der Waals surface area (Å²) in [5.41, 5.74) is 1.91. The Morgan fingerprint density at radius 3 is 2.24 bits per heavy atom. The van der Waals surface area contributed by atoms with Crippen molar-refractivity contribution in [3.8, 4) is 29.1 Å². The SMILES string of the molecule is CCOc1ccc(OCC(=O)Oc2ccc(/C=C(/C#N)c3ccc(Cl)cc3)cc2OC)cc1. The highest BCUT2D eigenvalue weighted by atomic mass is 35.5. The van der Waals surface area contributed by atoms with E-state index in [9.17, 15) is 10.1 Å². The van der Waals surface area contributed by atoms with Crippen LogP contribution in [0, 0.1) is 11.3 Å². The number of halogens is 1. The van der Waals surface area contributed by atoms with Gasteiger partial charge >= 0.3 is 5.97 Å². The van der Waals surface area contributed by atoms with Crippen molar-refractivity contribution < 1.29 is 23.7 Å². The third-order valence-corrected chi connectivity index (χ3v) is 4.74. The molecule has 0 unspecified atom stereocenters. The van der Waals surface area contributed by atoms with E-state index in [0.717, 1.165) is 11.3 Å². The second-order valence-corrected chi connectivity index (χ2v) is 7.19. The molecule has 3 rings (SSSR count). The van der Waals surface area contributed by atoms with Crippen LogP contribution in [-0.2, 0) is 4.79 Å². The predicted octanol–water partition coefficient (Wildman–Crippen LogP) is 5.80. The highest BCUT2D eigenvalue weighted by molar-refractivity contribution is 6.30. The topological polar surface area (TPSA) is 77.8 Å². The molecule has 3 aromatic rings. The monoisotopic (exact) mass is 463 g/mol. The summed E-state index contributed by atoms with van der Waals surface area (Å²) in [7, 11) is 1.47. The Kier molecular flexibility index (Phi) is 8.34. The fraction of sp³-hybridized carbons (Fsp3) is 0.154. The van der Waals surface area contributed by atoms with Crippen LogP contribution < -0.4 is 18.9 Å². The number of allylic oxidation sites excluding steroid dienone is 1. The van der Waals surface area contributed by atoms with Gasteiger partial charge in [0, 0.05) is 5.02 Å². The Hall–Kier alpha value is -3.95. The van der Waals surface area contributed by atoms with Crippen LogP contribution in [0.3, 0.4) is 0 Å². The van der Waals surface area contributed by atoms with Crippen molar-refractivity contribution in [3.63, 3.8) is 0 Å². The normalized spacial score (nSPS) is 10.8. The van der Waals surface area contributed by atoms with E-state index < -0.39 is 5.97 Å².